The fourth-order valence-electron chi connectivity index (χ4n) is 4.01. The number of hydrogen-bond acceptors (Lipinski definition) is 5. The molecule has 1 aromatic heterocycles. The van der Waals surface area contributed by atoms with Crippen LogP contribution in [0.4, 0.5) is 0 Å². The van der Waals surface area contributed by atoms with Crippen LogP contribution in [-0.2, 0) is 6.54 Å². The van der Waals surface area contributed by atoms with Crippen molar-refractivity contribution < 1.29 is 13.9 Å². The first kappa shape index (κ1) is 19.0. The van der Waals surface area contributed by atoms with E-state index >= 15 is 0 Å². The maximum absolute atomic E-state index is 12.1. The molecule has 4 rings (SSSR count). The van der Waals surface area contributed by atoms with Crippen LogP contribution in [0.1, 0.15) is 30.0 Å². The van der Waals surface area contributed by atoms with Gasteiger partial charge < -0.3 is 13.9 Å². The second-order valence-electron chi connectivity index (χ2n) is 6.97. The molecule has 5 nitrogen and oxygen atoms in total. The lowest BCUT2D eigenvalue weighted by Crippen LogP contribution is -2.24. The van der Waals surface area contributed by atoms with Gasteiger partial charge in [0.1, 0.15) is 17.1 Å². The number of hydrogen-bond donors (Lipinski definition) is 0. The molecule has 0 saturated carbocycles. The highest BCUT2D eigenvalue weighted by Gasteiger charge is 2.29. The van der Waals surface area contributed by atoms with E-state index in [9.17, 15) is 4.79 Å². The smallest absolute Gasteiger partial charge is 0.336 e. The van der Waals surface area contributed by atoms with Gasteiger partial charge in [0.05, 0.1) is 14.2 Å². The van der Waals surface area contributed by atoms with E-state index in [1.165, 1.54) is 0 Å². The average molecular weight is 444 g/mol. The van der Waals surface area contributed by atoms with Gasteiger partial charge in [0.2, 0.25) is 0 Å². The Hall–Kier alpha value is -2.31. The van der Waals surface area contributed by atoms with Crippen LogP contribution >= 0.6 is 15.9 Å². The summed E-state index contributed by atoms with van der Waals surface area (Å²) in [6, 6.07) is 13.6. The lowest BCUT2D eigenvalue weighted by Gasteiger charge is -2.26. The Balaban J connectivity index is 1.69. The van der Waals surface area contributed by atoms with Crippen molar-refractivity contribution in [3.05, 3.63) is 68.5 Å². The molecule has 1 atom stereocenters. The van der Waals surface area contributed by atoms with Crippen molar-refractivity contribution in [3.63, 3.8) is 0 Å². The third kappa shape index (κ3) is 3.66. The van der Waals surface area contributed by atoms with Gasteiger partial charge in [-0.25, -0.2) is 4.79 Å². The molecular formula is C22H22BrNO4. The summed E-state index contributed by atoms with van der Waals surface area (Å²) in [5, 5.41) is 0.968. The van der Waals surface area contributed by atoms with Crippen molar-refractivity contribution >= 4 is 26.9 Å². The summed E-state index contributed by atoms with van der Waals surface area (Å²) in [7, 11) is 3.34. The van der Waals surface area contributed by atoms with Gasteiger partial charge in [-0.2, -0.15) is 0 Å². The van der Waals surface area contributed by atoms with E-state index in [1.54, 1.807) is 20.3 Å². The Labute approximate surface area is 172 Å². The van der Waals surface area contributed by atoms with Crippen LogP contribution < -0.4 is 15.1 Å². The Morgan fingerprint density at radius 2 is 2.00 bits per heavy atom. The maximum atomic E-state index is 12.1. The van der Waals surface area contributed by atoms with E-state index in [0.717, 1.165) is 51.9 Å². The van der Waals surface area contributed by atoms with Gasteiger partial charge in [-0.1, -0.05) is 22.0 Å². The first-order chi connectivity index (χ1) is 13.6. The second kappa shape index (κ2) is 7.97. The quantitative estimate of drug-likeness (QED) is 0.524. The Bertz CT molecular complexity index is 1060. The van der Waals surface area contributed by atoms with E-state index in [2.05, 4.69) is 26.9 Å². The van der Waals surface area contributed by atoms with E-state index in [1.807, 2.05) is 30.3 Å². The van der Waals surface area contributed by atoms with Crippen molar-refractivity contribution in [2.45, 2.75) is 25.4 Å². The molecule has 3 aromatic rings. The summed E-state index contributed by atoms with van der Waals surface area (Å²) in [6.07, 6.45) is 2.15. The van der Waals surface area contributed by atoms with Gasteiger partial charge in [-0.05, 0) is 49.2 Å². The van der Waals surface area contributed by atoms with Crippen molar-refractivity contribution in [1.29, 1.82) is 0 Å². The number of ether oxygens (including phenoxy) is 2. The maximum Gasteiger partial charge on any atom is 0.336 e. The van der Waals surface area contributed by atoms with Crippen LogP contribution in [0, 0.1) is 0 Å². The normalized spacial score (nSPS) is 17.2. The SMILES string of the molecule is COc1ccc([C@H]2CCCN2Cc2cc(=O)oc3cc(Br)ccc23)c(OC)c1. The molecule has 0 N–H and O–H groups in total. The molecule has 6 heteroatoms. The predicted octanol–water partition coefficient (Wildman–Crippen LogP) is 4.91. The highest BCUT2D eigenvalue weighted by atomic mass is 79.9. The van der Waals surface area contributed by atoms with Gasteiger partial charge in [0.25, 0.3) is 0 Å². The molecule has 1 saturated heterocycles. The number of rotatable bonds is 5. The summed E-state index contributed by atoms with van der Waals surface area (Å²) >= 11 is 3.44. The molecule has 0 spiro atoms. The topological polar surface area (TPSA) is 51.9 Å². The molecule has 2 aromatic carbocycles. The molecule has 0 aliphatic carbocycles. The zero-order valence-corrected chi connectivity index (χ0v) is 17.5. The average Bonchev–Trinajstić information content (AvgIpc) is 3.14. The van der Waals surface area contributed by atoms with Gasteiger partial charge in [-0.15, -0.1) is 0 Å². The standard InChI is InChI=1S/C22H22BrNO4/c1-26-16-6-8-18(20(12-16)27-2)19-4-3-9-24(19)13-14-10-22(25)28-21-11-15(23)5-7-17(14)21/h5-8,10-12,19H,3-4,9,13H2,1-2H3/t19-/m1/s1. The number of benzene rings is 2. The van der Waals surface area contributed by atoms with Crippen LogP contribution in [0.2, 0.25) is 0 Å². The first-order valence-electron chi connectivity index (χ1n) is 9.27. The van der Waals surface area contributed by atoms with E-state index in [-0.39, 0.29) is 11.7 Å². The van der Waals surface area contributed by atoms with E-state index < -0.39 is 0 Å². The highest BCUT2D eigenvalue weighted by molar-refractivity contribution is 9.10. The van der Waals surface area contributed by atoms with Crippen molar-refractivity contribution in [3.8, 4) is 11.5 Å². The highest BCUT2D eigenvalue weighted by Crippen LogP contribution is 2.39. The molecule has 0 bridgehead atoms. The van der Waals surface area contributed by atoms with Crippen LogP contribution in [-0.4, -0.2) is 25.7 Å². The van der Waals surface area contributed by atoms with Crippen molar-refractivity contribution in [2.75, 3.05) is 20.8 Å². The van der Waals surface area contributed by atoms with Crippen LogP contribution in [0.15, 0.2) is 56.1 Å². The Morgan fingerprint density at radius 3 is 2.79 bits per heavy atom. The van der Waals surface area contributed by atoms with Gasteiger partial charge in [0.15, 0.2) is 0 Å². The molecule has 0 amide bonds. The van der Waals surface area contributed by atoms with E-state index in [4.69, 9.17) is 13.9 Å². The molecule has 2 heterocycles. The lowest BCUT2D eigenvalue weighted by atomic mass is 10.0. The van der Waals surface area contributed by atoms with Gasteiger partial charge in [0, 0.05) is 40.1 Å². The molecule has 0 radical (unpaired) electrons. The van der Waals surface area contributed by atoms with Gasteiger partial charge in [-0.3, -0.25) is 4.90 Å². The fourth-order valence-corrected chi connectivity index (χ4v) is 4.35. The summed E-state index contributed by atoms with van der Waals surface area (Å²) < 4.78 is 17.2. The van der Waals surface area contributed by atoms with Crippen LogP contribution in [0.5, 0.6) is 11.5 Å². The molecule has 146 valence electrons. The van der Waals surface area contributed by atoms with Crippen molar-refractivity contribution in [2.24, 2.45) is 0 Å². The minimum Gasteiger partial charge on any atom is -0.497 e. The summed E-state index contributed by atoms with van der Waals surface area (Å²) in [4.78, 5) is 14.5. The summed E-state index contributed by atoms with van der Waals surface area (Å²) in [6.45, 7) is 1.65. The summed E-state index contributed by atoms with van der Waals surface area (Å²) in [5.41, 5.74) is 2.42. The molecular weight excluding hydrogens is 422 g/mol. The minimum atomic E-state index is -0.321. The zero-order valence-electron chi connectivity index (χ0n) is 15.9. The Morgan fingerprint density at radius 1 is 1.14 bits per heavy atom. The van der Waals surface area contributed by atoms with Crippen LogP contribution in [0.25, 0.3) is 11.0 Å². The Kier molecular flexibility index (Phi) is 5.42. The number of halogens is 1. The minimum absolute atomic E-state index is 0.235. The number of methoxy groups -OCH3 is 2. The third-order valence-corrected chi connectivity index (χ3v) is 5.82. The third-order valence-electron chi connectivity index (χ3n) is 5.33. The summed E-state index contributed by atoms with van der Waals surface area (Å²) in [5.74, 6) is 1.61. The van der Waals surface area contributed by atoms with Gasteiger partial charge >= 0.3 is 5.63 Å². The molecule has 28 heavy (non-hydrogen) atoms. The second-order valence-corrected chi connectivity index (χ2v) is 7.88. The molecule has 1 aliphatic rings. The molecule has 0 unspecified atom stereocenters. The molecule has 1 fully saturated rings. The fraction of sp³-hybridized carbons (Fsp3) is 0.318. The largest absolute Gasteiger partial charge is 0.497 e. The predicted molar refractivity (Wildman–Crippen MR) is 112 cm³/mol. The van der Waals surface area contributed by atoms with E-state index in [0.29, 0.717) is 12.1 Å². The molecule has 1 aliphatic heterocycles. The number of fused-ring (bicyclic) bond motifs is 1. The zero-order chi connectivity index (χ0) is 19.7. The van der Waals surface area contributed by atoms with Crippen molar-refractivity contribution in [1.82, 2.24) is 4.90 Å². The monoisotopic (exact) mass is 443 g/mol. The number of nitrogens with zero attached hydrogens (tertiary/aromatic N) is 1. The number of likely N-dealkylation sites (tertiary alicyclic amines) is 1. The van der Waals surface area contributed by atoms with Crippen LogP contribution in [0.3, 0.4) is 0 Å². The lowest BCUT2D eigenvalue weighted by molar-refractivity contribution is 0.243. The first-order valence-corrected chi connectivity index (χ1v) is 10.1.